The molecule has 0 unspecified atom stereocenters. The Balaban J connectivity index is 2.13. The van der Waals surface area contributed by atoms with E-state index in [1.54, 1.807) is 19.2 Å². The molecule has 0 amide bonds. The highest BCUT2D eigenvalue weighted by Gasteiger charge is 2.27. The van der Waals surface area contributed by atoms with E-state index >= 15 is 0 Å². The van der Waals surface area contributed by atoms with Gasteiger partial charge in [-0.2, -0.15) is 0 Å². The van der Waals surface area contributed by atoms with Gasteiger partial charge in [-0.15, -0.1) is 0 Å². The second-order valence-corrected chi connectivity index (χ2v) is 8.59. The van der Waals surface area contributed by atoms with Crippen LogP contribution in [0.15, 0.2) is 27.6 Å². The van der Waals surface area contributed by atoms with Crippen molar-refractivity contribution >= 4 is 31.6 Å². The van der Waals surface area contributed by atoms with Crippen LogP contribution in [0.5, 0.6) is 0 Å². The number of hydrogen-bond acceptors (Lipinski definition) is 4. The molecule has 0 radical (unpaired) electrons. The van der Waals surface area contributed by atoms with Gasteiger partial charge in [-0.05, 0) is 73.0 Å². The molecule has 7 heteroatoms. The maximum absolute atomic E-state index is 12.7. The first-order valence-electron chi connectivity index (χ1n) is 7.00. The number of rotatable bonds is 4. The molecule has 0 aromatic heterocycles. The fraction of sp³-hybridized carbons (Fsp3) is 0.571. The van der Waals surface area contributed by atoms with E-state index < -0.39 is 10.0 Å². The fourth-order valence-electron chi connectivity index (χ4n) is 2.59. The van der Waals surface area contributed by atoms with Crippen LogP contribution in [-0.2, 0) is 10.0 Å². The van der Waals surface area contributed by atoms with Gasteiger partial charge < -0.3 is 10.6 Å². The van der Waals surface area contributed by atoms with Gasteiger partial charge in [-0.3, -0.25) is 0 Å². The average Bonchev–Trinajstić information content (AvgIpc) is 2.43. The number of likely N-dealkylation sites (tertiary alicyclic amines) is 1. The predicted octanol–water partition coefficient (Wildman–Crippen LogP) is 1.99. The molecule has 5 nitrogen and oxygen atoms in total. The molecule has 1 heterocycles. The zero-order valence-electron chi connectivity index (χ0n) is 12.4. The Morgan fingerprint density at radius 1 is 1.38 bits per heavy atom. The SMILES string of the molecule is CN1CCC(CN(C)S(=O)(=O)c2cc(N)ccc2Br)CC1. The highest BCUT2D eigenvalue weighted by Crippen LogP contribution is 2.28. The van der Waals surface area contributed by atoms with Crippen molar-refractivity contribution < 1.29 is 8.42 Å². The maximum atomic E-state index is 12.7. The van der Waals surface area contributed by atoms with Gasteiger partial charge in [-0.25, -0.2) is 12.7 Å². The molecule has 1 aromatic carbocycles. The van der Waals surface area contributed by atoms with Crippen molar-refractivity contribution in [2.24, 2.45) is 5.92 Å². The van der Waals surface area contributed by atoms with E-state index in [0.717, 1.165) is 25.9 Å². The summed E-state index contributed by atoms with van der Waals surface area (Å²) in [6, 6.07) is 4.86. The third-order valence-corrected chi connectivity index (χ3v) is 6.81. The van der Waals surface area contributed by atoms with Crippen molar-refractivity contribution in [2.45, 2.75) is 17.7 Å². The maximum Gasteiger partial charge on any atom is 0.244 e. The number of halogens is 1. The topological polar surface area (TPSA) is 66.6 Å². The van der Waals surface area contributed by atoms with Crippen molar-refractivity contribution in [1.82, 2.24) is 9.21 Å². The van der Waals surface area contributed by atoms with Crippen LogP contribution in [0.1, 0.15) is 12.8 Å². The Bertz CT molecular complexity index is 598. The van der Waals surface area contributed by atoms with E-state index in [2.05, 4.69) is 27.9 Å². The lowest BCUT2D eigenvalue weighted by Crippen LogP contribution is -2.38. The molecular weight excluding hydrogens is 354 g/mol. The molecule has 0 spiro atoms. The summed E-state index contributed by atoms with van der Waals surface area (Å²) in [5.41, 5.74) is 6.16. The fourth-order valence-corrected chi connectivity index (χ4v) is 4.79. The van der Waals surface area contributed by atoms with Gasteiger partial charge in [0.15, 0.2) is 0 Å². The molecule has 118 valence electrons. The monoisotopic (exact) mass is 375 g/mol. The van der Waals surface area contributed by atoms with Crippen LogP contribution in [0.3, 0.4) is 0 Å². The minimum absolute atomic E-state index is 0.234. The Labute approximate surface area is 135 Å². The first-order chi connectivity index (χ1) is 9.80. The number of nitrogens with two attached hydrogens (primary N) is 1. The van der Waals surface area contributed by atoms with E-state index in [9.17, 15) is 8.42 Å². The van der Waals surface area contributed by atoms with Crippen molar-refractivity contribution in [2.75, 3.05) is 39.5 Å². The molecule has 1 aliphatic rings. The minimum atomic E-state index is -3.51. The highest BCUT2D eigenvalue weighted by atomic mass is 79.9. The van der Waals surface area contributed by atoms with Gasteiger partial charge in [0.05, 0.1) is 4.90 Å². The van der Waals surface area contributed by atoms with Crippen LogP contribution >= 0.6 is 15.9 Å². The number of benzene rings is 1. The molecule has 1 aromatic rings. The molecule has 1 saturated heterocycles. The predicted molar refractivity (Wildman–Crippen MR) is 88.6 cm³/mol. The lowest BCUT2D eigenvalue weighted by Gasteiger charge is -2.31. The van der Waals surface area contributed by atoms with Gasteiger partial charge in [-0.1, -0.05) is 0 Å². The molecule has 21 heavy (non-hydrogen) atoms. The number of nitrogens with zero attached hydrogens (tertiary/aromatic N) is 2. The van der Waals surface area contributed by atoms with Gasteiger partial charge in [0.2, 0.25) is 10.0 Å². The second kappa shape index (κ2) is 6.64. The number of hydrogen-bond donors (Lipinski definition) is 1. The number of anilines is 1. The van der Waals surface area contributed by atoms with Crippen molar-refractivity contribution in [3.63, 3.8) is 0 Å². The van der Waals surface area contributed by atoms with Crippen molar-refractivity contribution in [3.05, 3.63) is 22.7 Å². The van der Waals surface area contributed by atoms with Crippen LogP contribution in [-0.4, -0.2) is 51.4 Å². The highest BCUT2D eigenvalue weighted by molar-refractivity contribution is 9.10. The second-order valence-electron chi connectivity index (χ2n) is 5.72. The van der Waals surface area contributed by atoms with E-state index in [-0.39, 0.29) is 4.90 Å². The lowest BCUT2D eigenvalue weighted by molar-refractivity contribution is 0.202. The quantitative estimate of drug-likeness (QED) is 0.817. The van der Waals surface area contributed by atoms with E-state index in [1.807, 2.05) is 0 Å². The zero-order valence-corrected chi connectivity index (χ0v) is 14.8. The molecule has 0 aliphatic carbocycles. The standard InChI is InChI=1S/C14H22BrN3O2S/c1-17-7-5-11(6-8-17)10-18(2)21(19,20)14-9-12(16)3-4-13(14)15/h3-4,9,11H,5-8,10,16H2,1-2H3. The summed E-state index contributed by atoms with van der Waals surface area (Å²) < 4.78 is 27.3. The van der Waals surface area contributed by atoms with Crippen molar-refractivity contribution in [3.8, 4) is 0 Å². The molecule has 0 saturated carbocycles. The Hall–Kier alpha value is -0.630. The Morgan fingerprint density at radius 2 is 2.00 bits per heavy atom. The van der Waals surface area contributed by atoms with Crippen LogP contribution in [0, 0.1) is 5.92 Å². The summed E-state index contributed by atoms with van der Waals surface area (Å²) in [6.07, 6.45) is 2.07. The summed E-state index contributed by atoms with van der Waals surface area (Å²) in [5, 5.41) is 0. The average molecular weight is 376 g/mol. The lowest BCUT2D eigenvalue weighted by atomic mass is 9.97. The van der Waals surface area contributed by atoms with Crippen LogP contribution in [0.2, 0.25) is 0 Å². The normalized spacial score (nSPS) is 18.3. The minimum Gasteiger partial charge on any atom is -0.399 e. The molecule has 0 bridgehead atoms. The van der Waals surface area contributed by atoms with Crippen molar-refractivity contribution in [1.29, 1.82) is 0 Å². The molecule has 1 aliphatic heterocycles. The molecular formula is C14H22BrN3O2S. The van der Waals surface area contributed by atoms with Crippen LogP contribution in [0.4, 0.5) is 5.69 Å². The zero-order chi connectivity index (χ0) is 15.6. The number of nitrogen functional groups attached to an aromatic ring is 1. The summed E-state index contributed by atoms with van der Waals surface area (Å²) >= 11 is 3.30. The molecule has 2 N–H and O–H groups in total. The third kappa shape index (κ3) is 3.97. The first-order valence-corrected chi connectivity index (χ1v) is 9.24. The molecule has 1 fully saturated rings. The Morgan fingerprint density at radius 3 is 2.62 bits per heavy atom. The molecule has 2 rings (SSSR count). The number of sulfonamides is 1. The van der Waals surface area contributed by atoms with Gasteiger partial charge in [0.25, 0.3) is 0 Å². The van der Waals surface area contributed by atoms with E-state index in [1.165, 1.54) is 10.4 Å². The number of piperidine rings is 1. The van der Waals surface area contributed by atoms with Crippen LogP contribution < -0.4 is 5.73 Å². The summed E-state index contributed by atoms with van der Waals surface area (Å²) in [5.74, 6) is 0.417. The summed E-state index contributed by atoms with van der Waals surface area (Å²) in [6.45, 7) is 2.61. The van der Waals surface area contributed by atoms with Gasteiger partial charge in [0.1, 0.15) is 0 Å². The van der Waals surface area contributed by atoms with Gasteiger partial charge >= 0.3 is 0 Å². The summed E-state index contributed by atoms with van der Waals surface area (Å²) in [4.78, 5) is 2.51. The van der Waals surface area contributed by atoms with Gasteiger partial charge in [0, 0.05) is 23.8 Å². The summed E-state index contributed by atoms with van der Waals surface area (Å²) in [7, 11) is 0.228. The third-order valence-electron chi connectivity index (χ3n) is 4.00. The smallest absolute Gasteiger partial charge is 0.244 e. The largest absolute Gasteiger partial charge is 0.399 e. The molecule has 0 atom stereocenters. The Kier molecular flexibility index (Phi) is 5.29. The first kappa shape index (κ1) is 16.7. The van der Waals surface area contributed by atoms with E-state index in [0.29, 0.717) is 22.6 Å². The van der Waals surface area contributed by atoms with E-state index in [4.69, 9.17) is 5.73 Å². The van der Waals surface area contributed by atoms with Crippen LogP contribution in [0.25, 0.3) is 0 Å².